The fourth-order valence-corrected chi connectivity index (χ4v) is 2.35. The van der Waals surface area contributed by atoms with Crippen molar-refractivity contribution in [2.24, 2.45) is 5.41 Å². The zero-order chi connectivity index (χ0) is 12.5. The van der Waals surface area contributed by atoms with Gasteiger partial charge in [-0.2, -0.15) is 0 Å². The number of rotatable bonds is 4. The summed E-state index contributed by atoms with van der Waals surface area (Å²) < 4.78 is 5.48. The number of anilines is 1. The van der Waals surface area contributed by atoms with Crippen LogP contribution in [0.15, 0.2) is 18.2 Å². The highest BCUT2D eigenvalue weighted by atomic mass is 16.5. The highest BCUT2D eigenvalue weighted by Gasteiger charge is 2.34. The normalized spacial score (nSPS) is 17.8. The summed E-state index contributed by atoms with van der Waals surface area (Å²) in [5.74, 6) is 0.790. The molecule has 1 saturated heterocycles. The summed E-state index contributed by atoms with van der Waals surface area (Å²) in [4.78, 5) is 2.33. The van der Waals surface area contributed by atoms with Crippen molar-refractivity contribution in [2.45, 2.75) is 27.4 Å². The van der Waals surface area contributed by atoms with Gasteiger partial charge in [0.25, 0.3) is 0 Å². The zero-order valence-corrected chi connectivity index (χ0v) is 10.9. The van der Waals surface area contributed by atoms with E-state index in [0.29, 0.717) is 12.0 Å². The van der Waals surface area contributed by atoms with Crippen molar-refractivity contribution in [2.75, 3.05) is 24.6 Å². The topological polar surface area (TPSA) is 32.7 Å². The summed E-state index contributed by atoms with van der Waals surface area (Å²) in [6.45, 7) is 9.30. The molecule has 0 spiro atoms. The van der Waals surface area contributed by atoms with E-state index in [-0.39, 0.29) is 6.61 Å². The van der Waals surface area contributed by atoms with Gasteiger partial charge in [0.1, 0.15) is 5.75 Å². The van der Waals surface area contributed by atoms with Crippen molar-refractivity contribution < 1.29 is 9.84 Å². The van der Waals surface area contributed by atoms with Crippen LogP contribution >= 0.6 is 0 Å². The molecule has 1 fully saturated rings. The number of aliphatic hydroxyl groups is 1. The van der Waals surface area contributed by atoms with E-state index in [1.54, 1.807) is 0 Å². The molecule has 0 radical (unpaired) electrons. The lowest BCUT2D eigenvalue weighted by molar-refractivity contribution is 0.265. The molecule has 0 atom stereocenters. The lowest BCUT2D eigenvalue weighted by atomic mass is 9.84. The minimum Gasteiger partial charge on any atom is -0.494 e. The van der Waals surface area contributed by atoms with Gasteiger partial charge < -0.3 is 14.7 Å². The van der Waals surface area contributed by atoms with E-state index in [9.17, 15) is 5.11 Å². The monoisotopic (exact) mass is 235 g/mol. The number of benzene rings is 1. The summed E-state index contributed by atoms with van der Waals surface area (Å²) >= 11 is 0. The van der Waals surface area contributed by atoms with Crippen LogP contribution in [0.3, 0.4) is 0 Å². The molecule has 1 aliphatic rings. The van der Waals surface area contributed by atoms with Crippen LogP contribution in [0.2, 0.25) is 0 Å². The van der Waals surface area contributed by atoms with Crippen LogP contribution in [-0.2, 0) is 6.61 Å². The smallest absolute Gasteiger partial charge is 0.124 e. The molecule has 2 rings (SSSR count). The van der Waals surface area contributed by atoms with Crippen molar-refractivity contribution in [3.63, 3.8) is 0 Å². The molecule has 1 aliphatic heterocycles. The van der Waals surface area contributed by atoms with E-state index in [0.717, 1.165) is 24.4 Å². The van der Waals surface area contributed by atoms with Crippen LogP contribution in [0, 0.1) is 5.41 Å². The first-order valence-electron chi connectivity index (χ1n) is 6.17. The van der Waals surface area contributed by atoms with E-state index in [4.69, 9.17) is 4.74 Å². The van der Waals surface area contributed by atoms with Crippen LogP contribution in [0.1, 0.15) is 26.3 Å². The van der Waals surface area contributed by atoms with Crippen molar-refractivity contribution in [1.82, 2.24) is 0 Å². The lowest BCUT2D eigenvalue weighted by Gasteiger charge is -2.47. The highest BCUT2D eigenvalue weighted by Crippen LogP contribution is 2.35. The average molecular weight is 235 g/mol. The first-order valence-corrected chi connectivity index (χ1v) is 6.17. The molecule has 0 saturated carbocycles. The van der Waals surface area contributed by atoms with Crippen LogP contribution in [0.25, 0.3) is 0 Å². The summed E-state index contributed by atoms with van der Waals surface area (Å²) in [5, 5.41) is 9.35. The molecule has 0 bridgehead atoms. The molecule has 94 valence electrons. The molecule has 3 nitrogen and oxygen atoms in total. The highest BCUT2D eigenvalue weighted by molar-refractivity contribution is 5.55. The predicted molar refractivity (Wildman–Crippen MR) is 69.5 cm³/mol. The van der Waals surface area contributed by atoms with Crippen LogP contribution in [-0.4, -0.2) is 24.8 Å². The maximum atomic E-state index is 9.35. The summed E-state index contributed by atoms with van der Waals surface area (Å²) in [6.07, 6.45) is 0. The Morgan fingerprint density at radius 3 is 2.59 bits per heavy atom. The Bertz CT molecular complexity index is 393. The van der Waals surface area contributed by atoms with Crippen LogP contribution < -0.4 is 9.64 Å². The van der Waals surface area contributed by atoms with Gasteiger partial charge in [-0.25, -0.2) is 0 Å². The fraction of sp³-hybridized carbons (Fsp3) is 0.571. The Kier molecular flexibility index (Phi) is 3.29. The van der Waals surface area contributed by atoms with Gasteiger partial charge in [-0.3, -0.25) is 0 Å². The molecule has 1 aromatic carbocycles. The van der Waals surface area contributed by atoms with Gasteiger partial charge >= 0.3 is 0 Å². The Morgan fingerprint density at radius 2 is 2.06 bits per heavy atom. The van der Waals surface area contributed by atoms with Gasteiger partial charge in [-0.15, -0.1) is 0 Å². The third-order valence-electron chi connectivity index (χ3n) is 3.12. The molecule has 1 aromatic rings. The van der Waals surface area contributed by atoms with Crippen molar-refractivity contribution in [3.05, 3.63) is 23.8 Å². The average Bonchev–Trinajstić information content (AvgIpc) is 2.27. The molecule has 1 N–H and O–H groups in total. The fourth-order valence-electron chi connectivity index (χ4n) is 2.35. The van der Waals surface area contributed by atoms with E-state index < -0.39 is 0 Å². The molecule has 0 aliphatic carbocycles. The summed E-state index contributed by atoms with van der Waals surface area (Å²) in [6, 6.07) is 6.05. The van der Waals surface area contributed by atoms with E-state index in [1.807, 2.05) is 19.1 Å². The van der Waals surface area contributed by atoms with Gasteiger partial charge in [0.05, 0.1) is 13.2 Å². The molecular weight excluding hydrogens is 214 g/mol. The second-order valence-corrected chi connectivity index (χ2v) is 5.40. The van der Waals surface area contributed by atoms with Gasteiger partial charge in [0, 0.05) is 24.3 Å². The first-order chi connectivity index (χ1) is 8.05. The maximum Gasteiger partial charge on any atom is 0.124 e. The second-order valence-electron chi connectivity index (χ2n) is 5.40. The standard InChI is InChI=1S/C14H21NO2/c1-4-17-13-6-5-12(7-11(13)8-16)15-9-14(2,3)10-15/h5-7,16H,4,8-10H2,1-3H3. The lowest BCUT2D eigenvalue weighted by Crippen LogP contribution is -2.53. The zero-order valence-electron chi connectivity index (χ0n) is 10.9. The van der Waals surface area contributed by atoms with Crippen molar-refractivity contribution in [1.29, 1.82) is 0 Å². The summed E-state index contributed by atoms with van der Waals surface area (Å²) in [7, 11) is 0. The SMILES string of the molecule is CCOc1ccc(N2CC(C)(C)C2)cc1CO. The Morgan fingerprint density at radius 1 is 1.35 bits per heavy atom. The predicted octanol–water partition coefficient (Wildman–Crippen LogP) is 2.42. The number of aliphatic hydroxyl groups excluding tert-OH is 1. The van der Waals surface area contributed by atoms with Crippen molar-refractivity contribution >= 4 is 5.69 Å². The van der Waals surface area contributed by atoms with Gasteiger partial charge in [-0.05, 0) is 30.5 Å². The second kappa shape index (κ2) is 4.57. The number of nitrogens with zero attached hydrogens (tertiary/aromatic N) is 1. The Hall–Kier alpha value is -1.22. The number of ether oxygens (including phenoxy) is 1. The Balaban J connectivity index is 2.15. The molecule has 0 unspecified atom stereocenters. The third kappa shape index (κ3) is 2.55. The molecule has 1 heterocycles. The maximum absolute atomic E-state index is 9.35. The quantitative estimate of drug-likeness (QED) is 0.870. The molecule has 3 heteroatoms. The largest absolute Gasteiger partial charge is 0.494 e. The van der Waals surface area contributed by atoms with E-state index >= 15 is 0 Å². The molecule has 0 amide bonds. The van der Waals surface area contributed by atoms with E-state index in [2.05, 4.69) is 24.8 Å². The molecular formula is C14H21NO2. The van der Waals surface area contributed by atoms with Crippen LogP contribution in [0.4, 0.5) is 5.69 Å². The molecule has 0 aromatic heterocycles. The first kappa shape index (κ1) is 12.2. The van der Waals surface area contributed by atoms with Crippen LogP contribution in [0.5, 0.6) is 5.75 Å². The number of hydrogen-bond acceptors (Lipinski definition) is 3. The van der Waals surface area contributed by atoms with E-state index in [1.165, 1.54) is 5.69 Å². The third-order valence-corrected chi connectivity index (χ3v) is 3.12. The van der Waals surface area contributed by atoms with Gasteiger partial charge in [0.15, 0.2) is 0 Å². The minimum absolute atomic E-state index is 0.0282. The number of hydrogen-bond donors (Lipinski definition) is 1. The minimum atomic E-state index is 0.0282. The van der Waals surface area contributed by atoms with Gasteiger partial charge in [0.2, 0.25) is 0 Å². The van der Waals surface area contributed by atoms with Gasteiger partial charge in [-0.1, -0.05) is 13.8 Å². The molecule has 17 heavy (non-hydrogen) atoms. The summed E-state index contributed by atoms with van der Waals surface area (Å²) in [5.41, 5.74) is 2.46. The Labute approximate surface area is 103 Å². The van der Waals surface area contributed by atoms with Crippen molar-refractivity contribution in [3.8, 4) is 5.75 Å².